The normalized spacial score (nSPS) is 12.0. The lowest BCUT2D eigenvalue weighted by atomic mass is 10.0. The summed E-state index contributed by atoms with van der Waals surface area (Å²) in [5.41, 5.74) is 0.929. The number of H-pyrrole nitrogens is 1. The van der Waals surface area contributed by atoms with Gasteiger partial charge in [0, 0.05) is 21.7 Å². The molecule has 0 saturated heterocycles. The fourth-order valence-corrected chi connectivity index (χ4v) is 5.22. The summed E-state index contributed by atoms with van der Waals surface area (Å²) < 4.78 is 2.05. The molecular formula is C17H9NOS2. The Balaban J connectivity index is 2.25. The predicted molar refractivity (Wildman–Crippen MR) is 92.8 cm³/mol. The molecule has 0 amide bonds. The maximum Gasteiger partial charge on any atom is 0.266 e. The Hall–Kier alpha value is -2.17. The van der Waals surface area contributed by atoms with Crippen LogP contribution in [0.3, 0.4) is 0 Å². The molecule has 0 unspecified atom stereocenters. The summed E-state index contributed by atoms with van der Waals surface area (Å²) in [6, 6.07) is 14.5. The van der Waals surface area contributed by atoms with Gasteiger partial charge in [0.05, 0.1) is 4.01 Å². The molecule has 1 N–H and O–H groups in total. The molecule has 0 atom stereocenters. The molecule has 2 nitrogen and oxygen atoms in total. The number of aromatic amines is 1. The lowest BCUT2D eigenvalue weighted by Crippen LogP contribution is -2.04. The summed E-state index contributed by atoms with van der Waals surface area (Å²) in [4.78, 5) is 15.4. The zero-order chi connectivity index (χ0) is 14.0. The highest BCUT2D eigenvalue weighted by atomic mass is 32.2. The number of nitrogens with one attached hydrogen (secondary N) is 1. The van der Waals surface area contributed by atoms with Gasteiger partial charge >= 0.3 is 0 Å². The van der Waals surface area contributed by atoms with E-state index in [-0.39, 0.29) is 5.56 Å². The second kappa shape index (κ2) is 3.93. The molecule has 5 rings (SSSR count). The van der Waals surface area contributed by atoms with E-state index in [4.69, 9.17) is 0 Å². The van der Waals surface area contributed by atoms with E-state index in [2.05, 4.69) is 40.7 Å². The number of rotatable bonds is 0. The van der Waals surface area contributed by atoms with Crippen LogP contribution in [0.1, 0.15) is 0 Å². The van der Waals surface area contributed by atoms with Crippen LogP contribution in [-0.4, -0.2) is 4.98 Å². The third-order valence-electron chi connectivity index (χ3n) is 3.95. The largest absolute Gasteiger partial charge is 0.321 e. The maximum absolute atomic E-state index is 12.4. The monoisotopic (exact) mass is 307 g/mol. The van der Waals surface area contributed by atoms with Crippen molar-refractivity contribution < 1.29 is 0 Å². The molecular weight excluding hydrogens is 298 g/mol. The van der Waals surface area contributed by atoms with Crippen LogP contribution < -0.4 is 5.56 Å². The molecule has 0 fully saturated rings. The number of aromatic nitrogens is 1. The van der Waals surface area contributed by atoms with Crippen molar-refractivity contribution in [3.05, 3.63) is 58.2 Å². The molecule has 0 saturated carbocycles. The van der Waals surface area contributed by atoms with Crippen LogP contribution in [0.4, 0.5) is 0 Å². The van der Waals surface area contributed by atoms with Crippen molar-refractivity contribution in [2.45, 2.75) is 0 Å². The van der Waals surface area contributed by atoms with E-state index >= 15 is 0 Å². The molecule has 0 bridgehead atoms. The van der Waals surface area contributed by atoms with Crippen molar-refractivity contribution >= 4 is 63.8 Å². The minimum absolute atomic E-state index is 0.0150. The molecule has 0 aliphatic heterocycles. The standard InChI is InChI=1S/C17H9NOS2/c19-16-15-14(11-7-8-20-17(11)21-15)13-10-4-2-1-3-9(10)5-6-12(13)18-16/h1-8H,(H,18,19). The highest BCUT2D eigenvalue weighted by Crippen LogP contribution is 2.40. The lowest BCUT2D eigenvalue weighted by Gasteiger charge is -2.05. The second-order valence-corrected chi connectivity index (χ2v) is 7.29. The van der Waals surface area contributed by atoms with Gasteiger partial charge < -0.3 is 4.98 Å². The number of benzene rings is 2. The first-order valence-electron chi connectivity index (χ1n) is 6.66. The van der Waals surface area contributed by atoms with Crippen LogP contribution >= 0.6 is 22.7 Å². The molecule has 4 heteroatoms. The minimum Gasteiger partial charge on any atom is -0.321 e. The fourth-order valence-electron chi connectivity index (χ4n) is 3.06. The molecule has 0 aliphatic rings. The van der Waals surface area contributed by atoms with Crippen molar-refractivity contribution in [3.63, 3.8) is 0 Å². The molecule has 100 valence electrons. The Morgan fingerprint density at radius 3 is 2.76 bits per heavy atom. The van der Waals surface area contributed by atoms with Gasteiger partial charge in [-0.2, -0.15) is 0 Å². The highest BCUT2D eigenvalue weighted by Gasteiger charge is 2.14. The minimum atomic E-state index is 0.0150. The third kappa shape index (κ3) is 1.43. The Morgan fingerprint density at radius 2 is 1.81 bits per heavy atom. The SMILES string of the molecule is O=c1[nH]c2ccc3ccccc3c2c2c1sc1sccc12. The number of fused-ring (bicyclic) bond motifs is 7. The highest BCUT2D eigenvalue weighted by molar-refractivity contribution is 7.41. The molecule has 0 aliphatic carbocycles. The van der Waals surface area contributed by atoms with Gasteiger partial charge in [-0.1, -0.05) is 30.3 Å². The molecule has 0 spiro atoms. The summed E-state index contributed by atoms with van der Waals surface area (Å²) in [6.45, 7) is 0. The number of thiophene rings is 2. The summed E-state index contributed by atoms with van der Waals surface area (Å²) in [5.74, 6) is 0. The first-order chi connectivity index (χ1) is 10.3. The number of hydrogen-bond donors (Lipinski definition) is 1. The predicted octanol–water partition coefficient (Wildman–Crippen LogP) is 5.11. The van der Waals surface area contributed by atoms with Crippen LogP contribution in [-0.2, 0) is 0 Å². The Kier molecular flexibility index (Phi) is 2.15. The average Bonchev–Trinajstić information content (AvgIpc) is 3.08. The molecule has 3 aromatic heterocycles. The first kappa shape index (κ1) is 11.5. The summed E-state index contributed by atoms with van der Waals surface area (Å²) in [7, 11) is 0. The quantitative estimate of drug-likeness (QED) is 0.396. The van der Waals surface area contributed by atoms with E-state index in [1.165, 1.54) is 20.2 Å². The van der Waals surface area contributed by atoms with Gasteiger partial charge in [0.15, 0.2) is 0 Å². The van der Waals surface area contributed by atoms with E-state index in [1.54, 1.807) is 22.7 Å². The summed E-state index contributed by atoms with van der Waals surface area (Å²) in [5, 5.41) is 7.96. The van der Waals surface area contributed by atoms with Gasteiger partial charge in [0.2, 0.25) is 0 Å². The first-order valence-corrected chi connectivity index (χ1v) is 8.36. The van der Waals surface area contributed by atoms with Gasteiger partial charge in [-0.25, -0.2) is 0 Å². The Bertz CT molecular complexity index is 1210. The van der Waals surface area contributed by atoms with E-state index in [9.17, 15) is 4.79 Å². The van der Waals surface area contributed by atoms with E-state index in [0.29, 0.717) is 0 Å². The second-order valence-electron chi connectivity index (χ2n) is 5.09. The maximum atomic E-state index is 12.4. The van der Waals surface area contributed by atoms with E-state index in [0.717, 1.165) is 21.0 Å². The van der Waals surface area contributed by atoms with Gasteiger partial charge in [-0.15, -0.1) is 22.7 Å². The van der Waals surface area contributed by atoms with Crippen LogP contribution in [0.2, 0.25) is 0 Å². The Morgan fingerprint density at radius 1 is 0.905 bits per heavy atom. The van der Waals surface area contributed by atoms with E-state index < -0.39 is 0 Å². The van der Waals surface area contributed by atoms with Crippen LogP contribution in [0, 0.1) is 0 Å². The van der Waals surface area contributed by atoms with Crippen molar-refractivity contribution in [2.75, 3.05) is 0 Å². The van der Waals surface area contributed by atoms with Gasteiger partial charge in [0.1, 0.15) is 4.70 Å². The summed E-state index contributed by atoms with van der Waals surface area (Å²) >= 11 is 3.29. The van der Waals surface area contributed by atoms with E-state index in [1.807, 2.05) is 12.1 Å². The Labute approximate surface area is 127 Å². The van der Waals surface area contributed by atoms with Gasteiger partial charge in [-0.05, 0) is 28.3 Å². The zero-order valence-electron chi connectivity index (χ0n) is 10.8. The zero-order valence-corrected chi connectivity index (χ0v) is 12.5. The molecule has 21 heavy (non-hydrogen) atoms. The van der Waals surface area contributed by atoms with Crippen LogP contribution in [0.5, 0.6) is 0 Å². The van der Waals surface area contributed by atoms with Gasteiger partial charge in [0.25, 0.3) is 5.56 Å². The molecule has 5 aromatic rings. The van der Waals surface area contributed by atoms with Crippen LogP contribution in [0.25, 0.3) is 41.2 Å². The third-order valence-corrected chi connectivity index (χ3v) is 6.20. The fraction of sp³-hybridized carbons (Fsp3) is 0. The molecule has 0 radical (unpaired) electrons. The summed E-state index contributed by atoms with van der Waals surface area (Å²) in [6.07, 6.45) is 0. The van der Waals surface area contributed by atoms with Crippen molar-refractivity contribution in [3.8, 4) is 0 Å². The molecule has 3 heterocycles. The van der Waals surface area contributed by atoms with Crippen molar-refractivity contribution in [1.82, 2.24) is 4.98 Å². The van der Waals surface area contributed by atoms with Crippen LogP contribution in [0.15, 0.2) is 52.6 Å². The molecule has 2 aromatic carbocycles. The number of pyridine rings is 1. The average molecular weight is 307 g/mol. The smallest absolute Gasteiger partial charge is 0.266 e. The number of hydrogen-bond acceptors (Lipinski definition) is 3. The van der Waals surface area contributed by atoms with Crippen molar-refractivity contribution in [2.24, 2.45) is 0 Å². The van der Waals surface area contributed by atoms with Crippen molar-refractivity contribution in [1.29, 1.82) is 0 Å². The lowest BCUT2D eigenvalue weighted by molar-refractivity contribution is 1.36. The topological polar surface area (TPSA) is 32.9 Å². The van der Waals surface area contributed by atoms with Gasteiger partial charge in [-0.3, -0.25) is 4.79 Å².